The molecule has 8 nitrogen and oxygen atoms in total. The molecule has 1 aromatic rings. The van der Waals surface area contributed by atoms with E-state index in [2.05, 4.69) is 31.9 Å². The maximum atomic E-state index is 12.7. The molecule has 2 aliphatic heterocycles. The molecule has 1 aromatic heterocycles. The normalized spacial score (nSPS) is 18.7. The molecule has 0 bridgehead atoms. The average Bonchev–Trinajstić information content (AvgIpc) is 2.75. The van der Waals surface area contributed by atoms with Gasteiger partial charge in [-0.05, 0) is 18.6 Å². The zero-order valence-corrected chi connectivity index (χ0v) is 17.6. The van der Waals surface area contributed by atoms with Crippen LogP contribution in [0.3, 0.4) is 0 Å². The lowest BCUT2D eigenvalue weighted by Gasteiger charge is -2.38. The first kappa shape index (κ1) is 21.5. The topological polar surface area (TPSA) is 72.0 Å². The first-order valence-electron chi connectivity index (χ1n) is 10.8. The van der Waals surface area contributed by atoms with Gasteiger partial charge in [-0.25, -0.2) is 4.98 Å². The van der Waals surface area contributed by atoms with E-state index < -0.39 is 0 Å². The van der Waals surface area contributed by atoms with E-state index in [0.717, 1.165) is 64.5 Å². The summed E-state index contributed by atoms with van der Waals surface area (Å²) in [7, 11) is 0. The van der Waals surface area contributed by atoms with E-state index in [9.17, 15) is 9.59 Å². The maximum absolute atomic E-state index is 12.7. The minimum atomic E-state index is 0.0870. The van der Waals surface area contributed by atoms with Gasteiger partial charge < -0.3 is 15.1 Å². The van der Waals surface area contributed by atoms with Gasteiger partial charge in [-0.1, -0.05) is 19.4 Å². The number of aromatic nitrogens is 1. The summed E-state index contributed by atoms with van der Waals surface area (Å²) in [5, 5.41) is 2.96. The summed E-state index contributed by atoms with van der Waals surface area (Å²) in [5.41, 5.74) is 0. The lowest BCUT2D eigenvalue weighted by molar-refractivity contribution is -0.134. The maximum Gasteiger partial charge on any atom is 0.236 e. The molecule has 0 radical (unpaired) electrons. The summed E-state index contributed by atoms with van der Waals surface area (Å²) in [6, 6.07) is 5.97. The Hall–Kier alpha value is -2.19. The summed E-state index contributed by atoms with van der Waals surface area (Å²) in [6.45, 7) is 10.3. The van der Waals surface area contributed by atoms with E-state index in [-0.39, 0.29) is 11.8 Å². The standard InChI is InChI=1S/C21H34N6O2/c1-2-3-7-23-20(28)17-24-11-15-27(16-12-24)21(29)18-25-9-13-26(14-10-25)19-6-4-5-8-22-19/h4-6,8H,2-3,7,9-18H2,1H3,(H,23,28). The van der Waals surface area contributed by atoms with E-state index in [1.807, 2.05) is 29.3 Å². The molecule has 8 heteroatoms. The highest BCUT2D eigenvalue weighted by Crippen LogP contribution is 2.13. The summed E-state index contributed by atoms with van der Waals surface area (Å²) in [4.78, 5) is 37.6. The molecule has 0 spiro atoms. The van der Waals surface area contributed by atoms with E-state index >= 15 is 0 Å². The van der Waals surface area contributed by atoms with E-state index in [0.29, 0.717) is 26.2 Å². The van der Waals surface area contributed by atoms with Crippen molar-refractivity contribution in [2.45, 2.75) is 19.8 Å². The second-order valence-electron chi connectivity index (χ2n) is 7.81. The van der Waals surface area contributed by atoms with Gasteiger partial charge >= 0.3 is 0 Å². The summed E-state index contributed by atoms with van der Waals surface area (Å²) < 4.78 is 0. The van der Waals surface area contributed by atoms with Gasteiger partial charge in [0, 0.05) is 65.1 Å². The number of rotatable bonds is 8. The Balaban J connectivity index is 1.33. The molecule has 3 rings (SSSR count). The number of nitrogens with one attached hydrogen (secondary N) is 1. The smallest absolute Gasteiger partial charge is 0.236 e. The van der Waals surface area contributed by atoms with Crippen molar-refractivity contribution in [3.8, 4) is 0 Å². The van der Waals surface area contributed by atoms with Crippen molar-refractivity contribution >= 4 is 17.6 Å². The van der Waals surface area contributed by atoms with Crippen LogP contribution < -0.4 is 10.2 Å². The molecule has 0 unspecified atom stereocenters. The van der Waals surface area contributed by atoms with Crippen LogP contribution in [0.1, 0.15) is 19.8 Å². The van der Waals surface area contributed by atoms with Crippen LogP contribution in [-0.2, 0) is 9.59 Å². The lowest BCUT2D eigenvalue weighted by Crippen LogP contribution is -2.54. The van der Waals surface area contributed by atoms with Gasteiger partial charge in [-0.2, -0.15) is 0 Å². The molecule has 160 valence electrons. The third kappa shape index (κ3) is 6.68. The largest absolute Gasteiger partial charge is 0.355 e. The van der Waals surface area contributed by atoms with Gasteiger partial charge in [0.2, 0.25) is 11.8 Å². The van der Waals surface area contributed by atoms with Crippen LogP contribution in [0.25, 0.3) is 0 Å². The van der Waals surface area contributed by atoms with Crippen LogP contribution in [0.4, 0.5) is 5.82 Å². The average molecular weight is 403 g/mol. The van der Waals surface area contributed by atoms with Crippen molar-refractivity contribution in [1.82, 2.24) is 25.0 Å². The van der Waals surface area contributed by atoms with Gasteiger partial charge in [0.15, 0.2) is 0 Å². The van der Waals surface area contributed by atoms with Crippen molar-refractivity contribution in [3.63, 3.8) is 0 Å². The second kappa shape index (κ2) is 11.1. The van der Waals surface area contributed by atoms with Crippen LogP contribution in [-0.4, -0.2) is 103 Å². The molecule has 2 fully saturated rings. The molecule has 0 aromatic carbocycles. The Kier molecular flexibility index (Phi) is 8.25. The van der Waals surface area contributed by atoms with Crippen molar-refractivity contribution in [3.05, 3.63) is 24.4 Å². The fourth-order valence-electron chi connectivity index (χ4n) is 3.79. The van der Waals surface area contributed by atoms with Crippen molar-refractivity contribution in [2.24, 2.45) is 0 Å². The van der Waals surface area contributed by atoms with Crippen LogP contribution in [0.15, 0.2) is 24.4 Å². The zero-order valence-electron chi connectivity index (χ0n) is 17.6. The third-order valence-electron chi connectivity index (χ3n) is 5.65. The Morgan fingerprint density at radius 3 is 2.31 bits per heavy atom. The monoisotopic (exact) mass is 402 g/mol. The van der Waals surface area contributed by atoms with Crippen molar-refractivity contribution in [2.75, 3.05) is 76.9 Å². The quantitative estimate of drug-likeness (QED) is 0.629. The van der Waals surface area contributed by atoms with Gasteiger partial charge in [0.1, 0.15) is 5.82 Å². The zero-order chi connectivity index (χ0) is 20.5. The number of nitrogens with zero attached hydrogens (tertiary/aromatic N) is 5. The highest BCUT2D eigenvalue weighted by atomic mass is 16.2. The molecular weight excluding hydrogens is 368 g/mol. The van der Waals surface area contributed by atoms with Crippen molar-refractivity contribution < 1.29 is 9.59 Å². The summed E-state index contributed by atoms with van der Waals surface area (Å²) in [5.74, 6) is 1.29. The van der Waals surface area contributed by atoms with Gasteiger partial charge in [-0.15, -0.1) is 0 Å². The Labute approximate surface area is 173 Å². The minimum Gasteiger partial charge on any atom is -0.355 e. The van der Waals surface area contributed by atoms with Crippen LogP contribution in [0.5, 0.6) is 0 Å². The molecule has 2 aliphatic rings. The first-order chi connectivity index (χ1) is 14.2. The van der Waals surface area contributed by atoms with E-state index in [1.165, 1.54) is 0 Å². The molecule has 1 N–H and O–H groups in total. The molecule has 0 aliphatic carbocycles. The number of carbonyl (C=O) groups is 2. The SMILES string of the molecule is CCCCNC(=O)CN1CCN(C(=O)CN2CCN(c3ccccn3)CC2)CC1. The summed E-state index contributed by atoms with van der Waals surface area (Å²) in [6.07, 6.45) is 3.92. The molecular formula is C21H34N6O2. The first-order valence-corrected chi connectivity index (χ1v) is 10.8. The van der Waals surface area contributed by atoms with Gasteiger partial charge in [0.05, 0.1) is 13.1 Å². The number of hydrogen-bond donors (Lipinski definition) is 1. The lowest BCUT2D eigenvalue weighted by atomic mass is 10.2. The summed E-state index contributed by atoms with van der Waals surface area (Å²) >= 11 is 0. The number of anilines is 1. The van der Waals surface area contributed by atoms with E-state index in [1.54, 1.807) is 0 Å². The fourth-order valence-corrected chi connectivity index (χ4v) is 3.79. The van der Waals surface area contributed by atoms with E-state index in [4.69, 9.17) is 0 Å². The predicted octanol–water partition coefficient (Wildman–Crippen LogP) is 0.264. The number of carbonyl (C=O) groups excluding carboxylic acids is 2. The third-order valence-corrected chi connectivity index (χ3v) is 5.65. The number of piperazine rings is 2. The van der Waals surface area contributed by atoms with Gasteiger partial charge in [0.25, 0.3) is 0 Å². The highest BCUT2D eigenvalue weighted by Gasteiger charge is 2.25. The van der Waals surface area contributed by atoms with Gasteiger partial charge in [-0.3, -0.25) is 19.4 Å². The number of amides is 2. The molecule has 2 saturated heterocycles. The van der Waals surface area contributed by atoms with Crippen LogP contribution >= 0.6 is 0 Å². The molecule has 2 amide bonds. The molecule has 29 heavy (non-hydrogen) atoms. The fraction of sp³-hybridized carbons (Fsp3) is 0.667. The Morgan fingerprint density at radius 1 is 0.966 bits per heavy atom. The number of hydrogen-bond acceptors (Lipinski definition) is 6. The molecule has 0 atom stereocenters. The number of unbranched alkanes of at least 4 members (excludes halogenated alkanes) is 1. The van der Waals surface area contributed by atoms with Crippen molar-refractivity contribution in [1.29, 1.82) is 0 Å². The second-order valence-corrected chi connectivity index (χ2v) is 7.81. The predicted molar refractivity (Wildman–Crippen MR) is 114 cm³/mol. The highest BCUT2D eigenvalue weighted by molar-refractivity contribution is 5.79. The minimum absolute atomic E-state index is 0.0870. The molecule has 3 heterocycles. The number of pyridine rings is 1. The van der Waals surface area contributed by atoms with Crippen LogP contribution in [0.2, 0.25) is 0 Å². The Bertz CT molecular complexity index is 640. The Morgan fingerprint density at radius 2 is 1.66 bits per heavy atom. The van der Waals surface area contributed by atoms with Crippen LogP contribution in [0, 0.1) is 0 Å². The molecule has 0 saturated carbocycles.